The van der Waals surface area contributed by atoms with Gasteiger partial charge in [-0.15, -0.1) is 0 Å². The van der Waals surface area contributed by atoms with Crippen LogP contribution in [0, 0.1) is 10.1 Å². The van der Waals surface area contributed by atoms with Crippen molar-refractivity contribution >= 4 is 23.1 Å². The Labute approximate surface area is 162 Å². The van der Waals surface area contributed by atoms with E-state index in [0.29, 0.717) is 30.1 Å². The minimum atomic E-state index is -0.797. The molecule has 0 spiro atoms. The number of benzene rings is 2. The van der Waals surface area contributed by atoms with Gasteiger partial charge in [-0.05, 0) is 32.0 Å². The number of nitro benzene ring substituents is 1. The highest BCUT2D eigenvalue weighted by atomic mass is 16.6. The number of hydrogen-bond acceptors (Lipinski definition) is 7. The van der Waals surface area contributed by atoms with Crippen molar-refractivity contribution in [1.29, 1.82) is 0 Å². The predicted octanol–water partition coefficient (Wildman–Crippen LogP) is 3.49. The van der Waals surface area contributed by atoms with Gasteiger partial charge in [-0.25, -0.2) is 4.79 Å². The van der Waals surface area contributed by atoms with Crippen LogP contribution in [0.2, 0.25) is 0 Å². The average Bonchev–Trinajstić information content (AvgIpc) is 2.72. The van der Waals surface area contributed by atoms with Crippen LogP contribution in [-0.2, 0) is 4.74 Å². The molecule has 2 rings (SSSR count). The second kappa shape index (κ2) is 9.50. The number of ether oxygens (including phenoxy) is 2. The molecule has 0 saturated carbocycles. The lowest BCUT2D eigenvalue weighted by Gasteiger charge is -2.23. The number of rotatable bonds is 9. The number of Topliss-reactive ketones (excluding diaryl/α,β-unsaturated/α-hetero) is 1. The molecule has 0 heterocycles. The van der Waals surface area contributed by atoms with Crippen molar-refractivity contribution in [3.63, 3.8) is 0 Å². The summed E-state index contributed by atoms with van der Waals surface area (Å²) < 4.78 is 10.3. The van der Waals surface area contributed by atoms with Crippen molar-refractivity contribution in [3.8, 4) is 5.75 Å². The normalized spacial score (nSPS) is 10.2. The van der Waals surface area contributed by atoms with Crippen molar-refractivity contribution in [3.05, 3.63) is 63.7 Å². The quantitative estimate of drug-likeness (QED) is 0.281. The van der Waals surface area contributed by atoms with Crippen molar-refractivity contribution in [1.82, 2.24) is 0 Å². The summed E-state index contributed by atoms with van der Waals surface area (Å²) >= 11 is 0. The summed E-state index contributed by atoms with van der Waals surface area (Å²) in [5, 5.41) is 11.1. The van der Waals surface area contributed by atoms with Crippen LogP contribution in [0.25, 0.3) is 0 Å². The van der Waals surface area contributed by atoms with Crippen molar-refractivity contribution in [2.24, 2.45) is 0 Å². The fourth-order valence-electron chi connectivity index (χ4n) is 2.80. The average molecular weight is 386 g/mol. The molecule has 0 aliphatic rings. The van der Waals surface area contributed by atoms with E-state index in [1.807, 2.05) is 18.7 Å². The molecule has 0 saturated heterocycles. The molecule has 0 atom stereocenters. The molecule has 0 aliphatic carbocycles. The lowest BCUT2D eigenvalue weighted by molar-refractivity contribution is -0.384. The molecule has 0 radical (unpaired) electrons. The van der Waals surface area contributed by atoms with E-state index in [1.165, 1.54) is 25.3 Å². The minimum absolute atomic E-state index is 0.0470. The molecule has 0 unspecified atom stereocenters. The largest absolute Gasteiger partial charge is 0.496 e. The smallest absolute Gasteiger partial charge is 0.340 e. The van der Waals surface area contributed by atoms with Gasteiger partial charge in [0, 0.05) is 25.2 Å². The molecule has 2 aromatic rings. The maximum Gasteiger partial charge on any atom is 0.340 e. The topological polar surface area (TPSA) is 99.0 Å². The Bertz CT molecular complexity index is 877. The summed E-state index contributed by atoms with van der Waals surface area (Å²) in [7, 11) is 1.44. The van der Waals surface area contributed by atoms with Crippen LogP contribution in [-0.4, -0.2) is 43.5 Å². The monoisotopic (exact) mass is 386 g/mol. The molecule has 0 N–H and O–H groups in total. The van der Waals surface area contributed by atoms with Gasteiger partial charge >= 0.3 is 5.97 Å². The first-order valence-electron chi connectivity index (χ1n) is 8.79. The molecule has 8 nitrogen and oxygen atoms in total. The third-order valence-corrected chi connectivity index (χ3v) is 4.26. The molecule has 0 amide bonds. The number of esters is 1. The molecule has 0 aromatic heterocycles. The number of carbonyl (C=O) groups excluding carboxylic acids is 2. The SMILES string of the molecule is CCN(CC)c1ccc([N+](=O)[O-])cc1C(=O)OCC(=O)c1ccccc1OC. The molecule has 148 valence electrons. The van der Waals surface area contributed by atoms with E-state index in [0.717, 1.165) is 0 Å². The zero-order valence-corrected chi connectivity index (χ0v) is 16.0. The lowest BCUT2D eigenvalue weighted by Crippen LogP contribution is -2.25. The number of nitrogens with zero attached hydrogens (tertiary/aromatic N) is 2. The van der Waals surface area contributed by atoms with Crippen molar-refractivity contribution in [2.45, 2.75) is 13.8 Å². The van der Waals surface area contributed by atoms with Crippen LogP contribution >= 0.6 is 0 Å². The van der Waals surface area contributed by atoms with Crippen LogP contribution < -0.4 is 9.64 Å². The maximum atomic E-state index is 12.6. The number of non-ortho nitro benzene ring substituents is 1. The minimum Gasteiger partial charge on any atom is -0.496 e. The van der Waals surface area contributed by atoms with E-state index >= 15 is 0 Å². The molecule has 28 heavy (non-hydrogen) atoms. The molecule has 0 bridgehead atoms. The van der Waals surface area contributed by atoms with Gasteiger partial charge in [0.2, 0.25) is 5.78 Å². The van der Waals surface area contributed by atoms with Gasteiger partial charge in [0.05, 0.1) is 28.8 Å². The van der Waals surface area contributed by atoms with E-state index < -0.39 is 23.3 Å². The number of methoxy groups -OCH3 is 1. The standard InChI is InChI=1S/C20H22N2O6/c1-4-21(5-2)17-11-10-14(22(25)26)12-16(17)20(24)28-13-18(23)15-8-6-7-9-19(15)27-3/h6-12H,4-5,13H2,1-3H3. The highest BCUT2D eigenvalue weighted by Crippen LogP contribution is 2.26. The van der Waals surface area contributed by atoms with Crippen LogP contribution in [0.1, 0.15) is 34.6 Å². The molecule has 8 heteroatoms. The number of ketones is 1. The van der Waals surface area contributed by atoms with Crippen LogP contribution in [0.4, 0.5) is 11.4 Å². The summed E-state index contributed by atoms with van der Waals surface area (Å²) in [4.78, 5) is 37.4. The number of carbonyl (C=O) groups is 2. The zero-order valence-electron chi connectivity index (χ0n) is 16.0. The van der Waals surface area contributed by atoms with Gasteiger partial charge in [0.25, 0.3) is 5.69 Å². The van der Waals surface area contributed by atoms with Gasteiger partial charge in [-0.3, -0.25) is 14.9 Å². The molecular formula is C20H22N2O6. The Kier molecular flexibility index (Phi) is 7.08. The Morgan fingerprint density at radius 2 is 1.75 bits per heavy atom. The summed E-state index contributed by atoms with van der Waals surface area (Å²) in [6.07, 6.45) is 0. The highest BCUT2D eigenvalue weighted by molar-refractivity contribution is 6.02. The zero-order chi connectivity index (χ0) is 20.7. The molecule has 2 aromatic carbocycles. The number of hydrogen-bond donors (Lipinski definition) is 0. The summed E-state index contributed by atoms with van der Waals surface area (Å²) in [6.45, 7) is 4.53. The van der Waals surface area contributed by atoms with Crippen LogP contribution in [0.15, 0.2) is 42.5 Å². The van der Waals surface area contributed by atoms with E-state index in [2.05, 4.69) is 0 Å². The van der Waals surface area contributed by atoms with E-state index in [1.54, 1.807) is 24.3 Å². The molecule has 0 fully saturated rings. The van der Waals surface area contributed by atoms with E-state index in [-0.39, 0.29) is 11.3 Å². The first kappa shape index (κ1) is 20.9. The van der Waals surface area contributed by atoms with Gasteiger partial charge in [-0.2, -0.15) is 0 Å². The highest BCUT2D eigenvalue weighted by Gasteiger charge is 2.22. The van der Waals surface area contributed by atoms with E-state index in [4.69, 9.17) is 9.47 Å². The van der Waals surface area contributed by atoms with Gasteiger partial charge in [0.15, 0.2) is 6.61 Å². The van der Waals surface area contributed by atoms with Gasteiger partial charge in [0.1, 0.15) is 5.75 Å². The van der Waals surface area contributed by atoms with Crippen LogP contribution in [0.5, 0.6) is 5.75 Å². The second-order valence-corrected chi connectivity index (χ2v) is 5.83. The lowest BCUT2D eigenvalue weighted by atomic mass is 10.1. The third-order valence-electron chi connectivity index (χ3n) is 4.26. The van der Waals surface area contributed by atoms with E-state index in [9.17, 15) is 19.7 Å². The first-order valence-corrected chi connectivity index (χ1v) is 8.79. The maximum absolute atomic E-state index is 12.6. The number of nitro groups is 1. The predicted molar refractivity (Wildman–Crippen MR) is 104 cm³/mol. The number of anilines is 1. The Balaban J connectivity index is 2.26. The Morgan fingerprint density at radius 3 is 2.36 bits per heavy atom. The molecular weight excluding hydrogens is 364 g/mol. The van der Waals surface area contributed by atoms with Gasteiger partial charge in [-0.1, -0.05) is 12.1 Å². The van der Waals surface area contributed by atoms with Crippen LogP contribution in [0.3, 0.4) is 0 Å². The van der Waals surface area contributed by atoms with Gasteiger partial charge < -0.3 is 14.4 Å². The Morgan fingerprint density at radius 1 is 1.07 bits per heavy atom. The fraction of sp³-hybridized carbons (Fsp3) is 0.300. The second-order valence-electron chi connectivity index (χ2n) is 5.83. The summed E-state index contributed by atoms with van der Waals surface area (Å²) in [5.41, 5.74) is 0.635. The fourth-order valence-corrected chi connectivity index (χ4v) is 2.80. The van der Waals surface area contributed by atoms with Crippen molar-refractivity contribution in [2.75, 3.05) is 31.7 Å². The summed E-state index contributed by atoms with van der Waals surface area (Å²) in [6, 6.07) is 10.6. The first-order chi connectivity index (χ1) is 13.4. The summed E-state index contributed by atoms with van der Waals surface area (Å²) in [5.74, 6) is -0.850. The third kappa shape index (κ3) is 4.64. The number of para-hydroxylation sites is 1. The molecule has 0 aliphatic heterocycles. The van der Waals surface area contributed by atoms with Crippen molar-refractivity contribution < 1.29 is 24.0 Å². The Hall–Kier alpha value is -3.42.